The van der Waals surface area contributed by atoms with Gasteiger partial charge in [-0.05, 0) is 122 Å². The van der Waals surface area contributed by atoms with E-state index in [9.17, 15) is 18.9 Å². The van der Waals surface area contributed by atoms with Crippen molar-refractivity contribution in [2.24, 2.45) is 0 Å². The molecule has 2 atom stereocenters. The Kier molecular flexibility index (Phi) is 35.3. The van der Waals surface area contributed by atoms with Gasteiger partial charge in [0.05, 0.1) is 0 Å². The Hall–Kier alpha value is -2.65. The van der Waals surface area contributed by atoms with Gasteiger partial charge in [0.25, 0.3) is 0 Å². The predicted octanol–water partition coefficient (Wildman–Crippen LogP) is 17.1. The third-order valence-electron chi connectivity index (χ3n) is 13.1. The van der Waals surface area contributed by atoms with Crippen molar-refractivity contribution < 1.29 is 44.5 Å². The summed E-state index contributed by atoms with van der Waals surface area (Å²) in [6, 6.07) is 29.4. The number of benzene rings is 4. The van der Waals surface area contributed by atoms with Gasteiger partial charge in [-0.3, -0.25) is 9.13 Å². The molecule has 0 saturated heterocycles. The van der Waals surface area contributed by atoms with E-state index in [0.29, 0.717) is 11.5 Å². The Morgan fingerprint density at radius 1 is 0.304 bits per heavy atom. The molecule has 69 heavy (non-hydrogen) atoms. The fraction of sp³-hybridized carbons (Fsp3) is 0.600. The van der Waals surface area contributed by atoms with Crippen molar-refractivity contribution in [3.63, 3.8) is 0 Å². The molecule has 0 aliphatic heterocycles. The normalized spacial score (nSPS) is 12.8. The van der Waals surface area contributed by atoms with Crippen molar-refractivity contribution >= 4 is 25.8 Å². The average molecular weight is 1030 g/mol. The van der Waals surface area contributed by atoms with Gasteiger partial charge in [0.1, 0.15) is 11.5 Å². The first-order valence-corrected chi connectivity index (χ1v) is 30.6. The maximum Gasteiger partial charge on any atom is 2.00 e. The summed E-state index contributed by atoms with van der Waals surface area (Å²) >= 11 is 0. The molecule has 0 heterocycles. The number of unbranched alkanes of at least 4 members (excludes halogenated alkanes) is 24. The maximum atomic E-state index is 12.7. The van der Waals surface area contributed by atoms with Crippen LogP contribution in [0.5, 0.6) is 11.5 Å². The molecule has 6 nitrogen and oxygen atoms in total. The van der Waals surface area contributed by atoms with Gasteiger partial charge in [-0.15, -0.1) is 0 Å². The molecule has 4 aromatic carbocycles. The van der Waals surface area contributed by atoms with Crippen LogP contribution in [0.4, 0.5) is 0 Å². The van der Waals surface area contributed by atoms with Gasteiger partial charge in [0.2, 0.25) is 15.2 Å². The zero-order chi connectivity index (χ0) is 49.0. The zero-order valence-electron chi connectivity index (χ0n) is 43.5. The van der Waals surface area contributed by atoms with Crippen molar-refractivity contribution in [2.45, 2.75) is 233 Å². The zero-order valence-corrected chi connectivity index (χ0v) is 46.3. The summed E-state index contributed by atoms with van der Waals surface area (Å²) < 4.78 is 36.2. The minimum absolute atomic E-state index is 0. The van der Waals surface area contributed by atoms with Crippen molar-refractivity contribution in [1.82, 2.24) is 0 Å². The molecule has 0 bridgehead atoms. The van der Waals surface area contributed by atoms with Gasteiger partial charge >= 0.3 is 16.5 Å². The molecular formula is C60H92NiO6P2. The van der Waals surface area contributed by atoms with Crippen LogP contribution in [0.25, 0.3) is 0 Å². The Morgan fingerprint density at radius 3 is 0.710 bits per heavy atom. The number of aryl methyl sites for hydroxylation is 4. The second-order valence-corrected chi connectivity index (χ2v) is 22.7. The third-order valence-corrected chi connectivity index (χ3v) is 15.8. The first-order valence-electron chi connectivity index (χ1n) is 27.5. The second-order valence-electron chi connectivity index (χ2n) is 19.3. The van der Waals surface area contributed by atoms with E-state index in [1.165, 1.54) is 189 Å². The summed E-state index contributed by atoms with van der Waals surface area (Å²) in [5.41, 5.74) is 4.84. The number of hydrogen-bond acceptors (Lipinski definition) is 6. The van der Waals surface area contributed by atoms with Crippen LogP contribution in [-0.2, 0) is 51.3 Å². The van der Waals surface area contributed by atoms with Gasteiger partial charge in [0, 0.05) is 10.6 Å². The summed E-state index contributed by atoms with van der Waals surface area (Å²) in [5, 5.41) is 0.478. The predicted molar refractivity (Wildman–Crippen MR) is 288 cm³/mol. The maximum absolute atomic E-state index is 12.7. The van der Waals surface area contributed by atoms with Crippen LogP contribution < -0.4 is 29.4 Å². The van der Waals surface area contributed by atoms with Crippen LogP contribution in [0.3, 0.4) is 0 Å². The van der Waals surface area contributed by atoms with E-state index < -0.39 is 15.2 Å². The van der Waals surface area contributed by atoms with Crippen LogP contribution in [0.15, 0.2) is 97.1 Å². The SMILES string of the molecule is CCCCCCCCCc1ccc(OP(=O)([O-])c2ccc(CCCCCCCCC)cc2)cc1.CCCCCCCCCc1ccc(OP(=O)([O-])c2ccc(CCCCCCCCC)cc2)cc1.[Ni+2]. The third kappa shape index (κ3) is 28.8. The van der Waals surface area contributed by atoms with E-state index in [4.69, 9.17) is 9.05 Å². The standard InChI is InChI=1S/2C30H47O3P.Ni/c2*1-3-5-7-9-11-13-15-17-27-19-23-29(24-20-27)33-34(31,32)30-25-21-28(22-26-30)18-16-14-12-10-8-6-4-2;/h2*19-26H,3-18H2,1-2H3,(H,31,32);/q;;+2/p-2. The molecule has 9 heteroatoms. The van der Waals surface area contributed by atoms with Gasteiger partial charge in [0.15, 0.2) is 0 Å². The topological polar surface area (TPSA) is 98.7 Å². The largest absolute Gasteiger partial charge is 2.00 e. The monoisotopic (exact) mass is 1030 g/mol. The summed E-state index contributed by atoms with van der Waals surface area (Å²) in [5.74, 6) is 0.766. The second kappa shape index (κ2) is 39.0. The van der Waals surface area contributed by atoms with Gasteiger partial charge in [-0.25, -0.2) is 0 Å². The van der Waals surface area contributed by atoms with Gasteiger partial charge in [-0.2, -0.15) is 0 Å². The van der Waals surface area contributed by atoms with Crippen molar-refractivity contribution in [3.8, 4) is 11.5 Å². The van der Waals surface area contributed by atoms with E-state index >= 15 is 0 Å². The molecule has 0 aliphatic carbocycles. The molecule has 0 fully saturated rings. The molecule has 4 aromatic rings. The van der Waals surface area contributed by atoms with Gasteiger partial charge in [-0.1, -0.05) is 230 Å². The van der Waals surface area contributed by atoms with Crippen molar-refractivity contribution in [2.75, 3.05) is 0 Å². The Labute approximate surface area is 432 Å². The van der Waals surface area contributed by atoms with E-state index in [1.54, 1.807) is 48.5 Å². The van der Waals surface area contributed by atoms with Gasteiger partial charge < -0.3 is 18.8 Å². The smallest absolute Gasteiger partial charge is 0.765 e. The molecule has 0 amide bonds. The summed E-state index contributed by atoms with van der Waals surface area (Å²) in [4.78, 5) is 25.4. The Morgan fingerprint density at radius 2 is 0.493 bits per heavy atom. The summed E-state index contributed by atoms with van der Waals surface area (Å²) in [6.07, 6.45) is 40.1. The van der Waals surface area contributed by atoms with Crippen LogP contribution in [0.1, 0.15) is 230 Å². The van der Waals surface area contributed by atoms with E-state index in [0.717, 1.165) is 38.5 Å². The molecule has 0 spiro atoms. The van der Waals surface area contributed by atoms with Crippen molar-refractivity contribution in [1.29, 1.82) is 0 Å². The first kappa shape index (κ1) is 62.5. The van der Waals surface area contributed by atoms with Crippen LogP contribution in [-0.4, -0.2) is 0 Å². The number of rotatable bonds is 38. The summed E-state index contributed by atoms with van der Waals surface area (Å²) in [6.45, 7) is 8.97. The Bertz CT molecular complexity index is 1780. The minimum atomic E-state index is -4.14. The molecular weight excluding hydrogens is 937 g/mol. The van der Waals surface area contributed by atoms with E-state index in [1.807, 2.05) is 48.5 Å². The minimum Gasteiger partial charge on any atom is -0.765 e. The quantitative estimate of drug-likeness (QED) is 0.0252. The van der Waals surface area contributed by atoms with Crippen molar-refractivity contribution in [3.05, 3.63) is 119 Å². The molecule has 0 saturated carbocycles. The molecule has 388 valence electrons. The fourth-order valence-electron chi connectivity index (χ4n) is 8.65. The van der Waals surface area contributed by atoms with E-state index in [2.05, 4.69) is 27.7 Å². The fourth-order valence-corrected chi connectivity index (χ4v) is 10.7. The molecule has 4 rings (SSSR count). The first-order chi connectivity index (χ1) is 33.1. The molecule has 2 unspecified atom stereocenters. The molecule has 0 aliphatic rings. The summed E-state index contributed by atoms with van der Waals surface area (Å²) in [7, 11) is -8.28. The molecule has 0 radical (unpaired) electrons. The van der Waals surface area contributed by atoms with Crippen LogP contribution in [0.2, 0.25) is 0 Å². The average Bonchev–Trinajstić information content (AvgIpc) is 3.34. The van der Waals surface area contributed by atoms with Crippen LogP contribution >= 0.6 is 15.2 Å². The molecule has 0 aromatic heterocycles. The molecule has 0 N–H and O–H groups in total. The van der Waals surface area contributed by atoms with Crippen LogP contribution in [0, 0.1) is 0 Å². The van der Waals surface area contributed by atoms with E-state index in [-0.39, 0.29) is 27.1 Å². The Balaban J connectivity index is 0.000000467. The number of hydrogen-bond donors (Lipinski definition) is 0.